The van der Waals surface area contributed by atoms with Crippen molar-refractivity contribution in [3.8, 4) is 0 Å². The first-order chi connectivity index (χ1) is 4.33. The predicted molar refractivity (Wildman–Crippen MR) is 42.1 cm³/mol. The van der Waals surface area contributed by atoms with Crippen LogP contribution in [-0.2, 0) is 0 Å². The molecule has 2 nitrogen and oxygen atoms in total. The van der Waals surface area contributed by atoms with E-state index in [1.165, 1.54) is 0 Å². The summed E-state index contributed by atoms with van der Waals surface area (Å²) >= 11 is 8.85. The number of halogens is 2. The van der Waals surface area contributed by atoms with Gasteiger partial charge in [-0.25, -0.2) is 0 Å². The van der Waals surface area contributed by atoms with Crippen molar-refractivity contribution in [2.24, 2.45) is 0 Å². The highest BCUT2D eigenvalue weighted by atomic mass is 79.9. The van der Waals surface area contributed by atoms with Crippen LogP contribution in [0.25, 0.3) is 0 Å². The Kier molecular flexibility index (Phi) is 2.42. The van der Waals surface area contributed by atoms with Crippen LogP contribution >= 0.6 is 27.5 Å². The Labute approximate surface area is 67.1 Å². The highest BCUT2D eigenvalue weighted by Gasteiger charge is 1.97. The lowest BCUT2D eigenvalue weighted by Gasteiger charge is -2.13. The molecule has 50 valence electrons. The van der Waals surface area contributed by atoms with Crippen LogP contribution in [0.3, 0.4) is 0 Å². The van der Waals surface area contributed by atoms with Gasteiger partial charge >= 0.3 is 0 Å². The first kappa shape index (κ1) is 6.96. The monoisotopic (exact) mass is 208 g/mol. The van der Waals surface area contributed by atoms with Gasteiger partial charge < -0.3 is 5.43 Å². The Morgan fingerprint density at radius 1 is 1.44 bits per heavy atom. The van der Waals surface area contributed by atoms with Gasteiger partial charge in [-0.15, -0.1) is 0 Å². The van der Waals surface area contributed by atoms with Gasteiger partial charge in [0.05, 0.1) is 0 Å². The average molecular weight is 209 g/mol. The van der Waals surface area contributed by atoms with Gasteiger partial charge in [-0.1, -0.05) is 27.5 Å². The molecule has 0 aliphatic carbocycles. The van der Waals surface area contributed by atoms with E-state index in [4.69, 9.17) is 11.6 Å². The summed E-state index contributed by atoms with van der Waals surface area (Å²) in [6, 6.07) is 0. The van der Waals surface area contributed by atoms with Gasteiger partial charge in [0.2, 0.25) is 0 Å². The number of hydrogen-bond acceptors (Lipinski definition) is 2. The molecule has 0 amide bonds. The Morgan fingerprint density at radius 3 is 2.67 bits per heavy atom. The van der Waals surface area contributed by atoms with Crippen molar-refractivity contribution in [2.75, 3.05) is 5.33 Å². The van der Waals surface area contributed by atoms with Gasteiger partial charge in [-0.05, 0) is 12.2 Å². The van der Waals surface area contributed by atoms with Crippen molar-refractivity contribution < 1.29 is 0 Å². The smallest absolute Gasteiger partial charge is 0.120 e. The number of allylic oxidation sites excluding steroid dienone is 3. The second-order valence-corrected chi connectivity index (χ2v) is 2.56. The van der Waals surface area contributed by atoms with Gasteiger partial charge in [-0.3, -0.25) is 5.43 Å². The molecule has 1 rings (SSSR count). The van der Waals surface area contributed by atoms with E-state index in [0.29, 0.717) is 5.16 Å². The Morgan fingerprint density at radius 2 is 2.22 bits per heavy atom. The fraction of sp³-hybridized carbons (Fsp3) is 0.200. The van der Waals surface area contributed by atoms with Gasteiger partial charge in [-0.2, -0.15) is 0 Å². The summed E-state index contributed by atoms with van der Waals surface area (Å²) in [6.45, 7) is 0. The summed E-state index contributed by atoms with van der Waals surface area (Å²) in [5.41, 5.74) is 6.71. The third-order valence-electron chi connectivity index (χ3n) is 0.917. The number of rotatable bonds is 1. The SMILES string of the molecule is ClC1=CC=C(CBr)NN1. The van der Waals surface area contributed by atoms with Crippen LogP contribution in [-0.4, -0.2) is 5.33 Å². The minimum absolute atomic E-state index is 0.611. The third kappa shape index (κ3) is 1.91. The van der Waals surface area contributed by atoms with E-state index >= 15 is 0 Å². The molecule has 0 aromatic rings. The van der Waals surface area contributed by atoms with Crippen molar-refractivity contribution in [3.05, 3.63) is 23.0 Å². The molecule has 0 spiro atoms. The lowest BCUT2D eigenvalue weighted by Crippen LogP contribution is -2.31. The van der Waals surface area contributed by atoms with Crippen molar-refractivity contribution in [1.82, 2.24) is 10.9 Å². The lowest BCUT2D eigenvalue weighted by atomic mass is 10.4. The van der Waals surface area contributed by atoms with E-state index in [1.54, 1.807) is 6.08 Å². The second-order valence-electron chi connectivity index (χ2n) is 1.59. The van der Waals surface area contributed by atoms with Crippen molar-refractivity contribution in [3.63, 3.8) is 0 Å². The summed E-state index contributed by atoms with van der Waals surface area (Å²) in [5, 5.41) is 1.42. The van der Waals surface area contributed by atoms with Crippen LogP contribution in [0.5, 0.6) is 0 Å². The molecule has 0 radical (unpaired) electrons. The van der Waals surface area contributed by atoms with E-state index in [0.717, 1.165) is 11.0 Å². The largest absolute Gasteiger partial charge is 0.303 e. The van der Waals surface area contributed by atoms with Gasteiger partial charge in [0.25, 0.3) is 0 Å². The maximum absolute atomic E-state index is 5.57. The normalized spacial score (nSPS) is 17.1. The van der Waals surface area contributed by atoms with Crippen molar-refractivity contribution in [2.45, 2.75) is 0 Å². The highest BCUT2D eigenvalue weighted by molar-refractivity contribution is 9.09. The van der Waals surface area contributed by atoms with E-state index in [1.807, 2.05) is 6.08 Å². The number of alkyl halides is 1. The Balaban J connectivity index is 2.59. The second kappa shape index (κ2) is 3.13. The maximum Gasteiger partial charge on any atom is 0.120 e. The molecule has 0 aromatic carbocycles. The first-order valence-electron chi connectivity index (χ1n) is 2.47. The van der Waals surface area contributed by atoms with Crippen LogP contribution in [0.1, 0.15) is 0 Å². The van der Waals surface area contributed by atoms with E-state index in [-0.39, 0.29) is 0 Å². The number of nitrogens with one attached hydrogen (secondary N) is 2. The molecule has 0 aromatic heterocycles. The molecular weight excluding hydrogens is 203 g/mol. The molecule has 0 unspecified atom stereocenters. The standard InChI is InChI=1S/C5H6BrClN2/c6-3-4-1-2-5(7)9-8-4/h1-2,8-9H,3H2. The first-order valence-corrected chi connectivity index (χ1v) is 3.97. The van der Waals surface area contributed by atoms with E-state index < -0.39 is 0 Å². The van der Waals surface area contributed by atoms with Crippen LogP contribution < -0.4 is 10.9 Å². The summed E-state index contributed by atoms with van der Waals surface area (Å²) in [7, 11) is 0. The Hall–Kier alpha value is -0.150. The summed E-state index contributed by atoms with van der Waals surface area (Å²) in [4.78, 5) is 0. The van der Waals surface area contributed by atoms with Gasteiger partial charge in [0, 0.05) is 11.0 Å². The molecule has 1 aliphatic rings. The molecule has 2 N–H and O–H groups in total. The Bertz CT molecular complexity index is 164. The average Bonchev–Trinajstić information content (AvgIpc) is 1.90. The summed E-state index contributed by atoms with van der Waals surface area (Å²) < 4.78 is 0. The molecule has 0 fully saturated rings. The zero-order valence-electron chi connectivity index (χ0n) is 4.62. The van der Waals surface area contributed by atoms with Crippen molar-refractivity contribution in [1.29, 1.82) is 0 Å². The number of hydrazine groups is 1. The quantitative estimate of drug-likeness (QED) is 0.505. The van der Waals surface area contributed by atoms with Crippen LogP contribution in [0.15, 0.2) is 23.0 Å². The molecule has 9 heavy (non-hydrogen) atoms. The molecule has 0 bridgehead atoms. The van der Waals surface area contributed by atoms with Gasteiger partial charge in [0.15, 0.2) is 0 Å². The zero-order chi connectivity index (χ0) is 6.69. The minimum atomic E-state index is 0.611. The molecule has 0 saturated heterocycles. The van der Waals surface area contributed by atoms with Crippen molar-refractivity contribution >= 4 is 27.5 Å². The molecular formula is C5H6BrClN2. The molecule has 0 saturated carbocycles. The van der Waals surface area contributed by atoms with Crippen LogP contribution in [0.4, 0.5) is 0 Å². The van der Waals surface area contributed by atoms with E-state index in [2.05, 4.69) is 26.8 Å². The maximum atomic E-state index is 5.57. The predicted octanol–water partition coefficient (Wildman–Crippen LogP) is 1.45. The van der Waals surface area contributed by atoms with Crippen LogP contribution in [0.2, 0.25) is 0 Å². The molecule has 1 aliphatic heterocycles. The molecule has 0 atom stereocenters. The molecule has 4 heteroatoms. The van der Waals surface area contributed by atoms with Crippen LogP contribution in [0, 0.1) is 0 Å². The zero-order valence-corrected chi connectivity index (χ0v) is 6.96. The minimum Gasteiger partial charge on any atom is -0.303 e. The van der Waals surface area contributed by atoms with Gasteiger partial charge in [0.1, 0.15) is 5.16 Å². The summed E-state index contributed by atoms with van der Waals surface area (Å²) in [6.07, 6.45) is 3.71. The summed E-state index contributed by atoms with van der Waals surface area (Å²) in [5.74, 6) is 0. The highest BCUT2D eigenvalue weighted by Crippen LogP contribution is 2.04. The molecule has 1 heterocycles. The topological polar surface area (TPSA) is 24.1 Å². The fourth-order valence-corrected chi connectivity index (χ4v) is 0.912. The fourth-order valence-electron chi connectivity index (χ4n) is 0.475. The third-order valence-corrected chi connectivity index (χ3v) is 1.74. The number of hydrogen-bond donors (Lipinski definition) is 2. The van der Waals surface area contributed by atoms with E-state index in [9.17, 15) is 0 Å². The lowest BCUT2D eigenvalue weighted by molar-refractivity contribution is 0.710.